The number of carbonyl (C=O) groups is 1. The quantitative estimate of drug-likeness (QED) is 0.904. The topological polar surface area (TPSA) is 46.5 Å². The number of ether oxygens (including phenoxy) is 1. The zero-order valence-electron chi connectivity index (χ0n) is 10.2. The summed E-state index contributed by atoms with van der Waals surface area (Å²) in [5.74, 6) is -0.937. The minimum absolute atomic E-state index is 0.263. The summed E-state index contributed by atoms with van der Waals surface area (Å²) in [5, 5.41) is 9.56. The van der Waals surface area contributed by atoms with Crippen LogP contribution in [0.3, 0.4) is 0 Å². The van der Waals surface area contributed by atoms with Gasteiger partial charge in [-0.05, 0) is 29.3 Å². The van der Waals surface area contributed by atoms with Gasteiger partial charge in [0.05, 0.1) is 18.8 Å². The number of hydrogen-bond acceptors (Lipinski definition) is 2. The largest absolute Gasteiger partial charge is 0.478 e. The normalized spacial score (nSPS) is 10.4. The van der Waals surface area contributed by atoms with Gasteiger partial charge in [0.2, 0.25) is 0 Å². The fourth-order valence-corrected chi connectivity index (χ4v) is 1.88. The van der Waals surface area contributed by atoms with Crippen LogP contribution in [-0.2, 0) is 18.0 Å². The Bertz CT molecular complexity index is 581. The number of hydrogen-bond donors (Lipinski definition) is 1. The van der Waals surface area contributed by atoms with Gasteiger partial charge in [-0.3, -0.25) is 0 Å². The van der Waals surface area contributed by atoms with E-state index in [0.717, 1.165) is 11.1 Å². The van der Waals surface area contributed by atoms with Gasteiger partial charge in [-0.1, -0.05) is 41.9 Å². The van der Waals surface area contributed by atoms with Crippen molar-refractivity contribution in [3.8, 4) is 0 Å². The molecule has 0 saturated carbocycles. The highest BCUT2D eigenvalue weighted by atomic mass is 35.5. The summed E-state index contributed by atoms with van der Waals surface area (Å²) in [6.07, 6.45) is 0. The fourth-order valence-electron chi connectivity index (χ4n) is 1.69. The van der Waals surface area contributed by atoms with Gasteiger partial charge in [0.25, 0.3) is 0 Å². The lowest BCUT2D eigenvalue weighted by molar-refractivity contribution is 0.0696. The first kappa shape index (κ1) is 13.6. The summed E-state index contributed by atoms with van der Waals surface area (Å²) in [7, 11) is 0. The highest BCUT2D eigenvalue weighted by Gasteiger charge is 2.04. The van der Waals surface area contributed by atoms with Crippen molar-refractivity contribution in [2.75, 3.05) is 0 Å². The van der Waals surface area contributed by atoms with Crippen LogP contribution in [0.4, 0.5) is 0 Å². The van der Waals surface area contributed by atoms with E-state index in [9.17, 15) is 4.79 Å². The van der Waals surface area contributed by atoms with Crippen molar-refractivity contribution >= 4 is 17.6 Å². The van der Waals surface area contributed by atoms with Crippen LogP contribution in [0.5, 0.6) is 0 Å². The third-order valence-corrected chi connectivity index (χ3v) is 3.03. The first-order chi connectivity index (χ1) is 9.16. The van der Waals surface area contributed by atoms with E-state index in [2.05, 4.69) is 0 Å². The third-order valence-electron chi connectivity index (χ3n) is 2.66. The third kappa shape index (κ3) is 3.81. The first-order valence-corrected chi connectivity index (χ1v) is 6.18. The molecule has 0 spiro atoms. The van der Waals surface area contributed by atoms with E-state index in [-0.39, 0.29) is 5.56 Å². The molecule has 3 nitrogen and oxygen atoms in total. The highest BCUT2D eigenvalue weighted by Crippen LogP contribution is 2.16. The van der Waals surface area contributed by atoms with Crippen molar-refractivity contribution < 1.29 is 14.6 Å². The Morgan fingerprint density at radius 3 is 2.63 bits per heavy atom. The number of carboxylic acids is 1. The Hall–Kier alpha value is -1.84. The Labute approximate surface area is 116 Å². The predicted molar refractivity (Wildman–Crippen MR) is 73.3 cm³/mol. The second-order valence-corrected chi connectivity index (χ2v) is 4.50. The number of rotatable bonds is 5. The molecular weight excluding hydrogens is 264 g/mol. The van der Waals surface area contributed by atoms with Crippen LogP contribution in [0.15, 0.2) is 48.5 Å². The maximum absolute atomic E-state index is 10.8. The number of benzene rings is 2. The Kier molecular flexibility index (Phi) is 4.55. The van der Waals surface area contributed by atoms with Crippen LogP contribution < -0.4 is 0 Å². The van der Waals surface area contributed by atoms with Crippen LogP contribution in [0.25, 0.3) is 0 Å². The summed E-state index contributed by atoms with van der Waals surface area (Å²) < 4.78 is 5.54. The predicted octanol–water partition coefficient (Wildman–Crippen LogP) is 3.76. The molecule has 0 aliphatic carbocycles. The van der Waals surface area contributed by atoms with E-state index in [1.165, 1.54) is 0 Å². The minimum Gasteiger partial charge on any atom is -0.478 e. The summed E-state index contributed by atoms with van der Waals surface area (Å²) in [6.45, 7) is 0.753. The van der Waals surface area contributed by atoms with E-state index in [1.54, 1.807) is 18.2 Å². The van der Waals surface area contributed by atoms with E-state index < -0.39 is 5.97 Å². The van der Waals surface area contributed by atoms with Crippen molar-refractivity contribution in [2.24, 2.45) is 0 Å². The lowest BCUT2D eigenvalue weighted by atomic mass is 10.1. The Morgan fingerprint density at radius 2 is 1.89 bits per heavy atom. The molecule has 0 atom stereocenters. The fraction of sp³-hybridized carbons (Fsp3) is 0.133. The van der Waals surface area contributed by atoms with E-state index in [1.807, 2.05) is 30.3 Å². The molecule has 98 valence electrons. The average Bonchev–Trinajstić information content (AvgIpc) is 2.41. The zero-order chi connectivity index (χ0) is 13.7. The molecule has 2 aromatic carbocycles. The van der Waals surface area contributed by atoms with Crippen molar-refractivity contribution in [3.05, 3.63) is 70.2 Å². The lowest BCUT2D eigenvalue weighted by Gasteiger charge is -2.06. The second-order valence-electron chi connectivity index (χ2n) is 4.09. The molecule has 2 aromatic rings. The van der Waals surface area contributed by atoms with Crippen LogP contribution in [-0.4, -0.2) is 11.1 Å². The van der Waals surface area contributed by atoms with Crippen LogP contribution in [0.2, 0.25) is 5.02 Å². The van der Waals surface area contributed by atoms with E-state index in [4.69, 9.17) is 21.4 Å². The molecule has 0 amide bonds. The maximum Gasteiger partial charge on any atom is 0.335 e. The molecule has 0 aliphatic heterocycles. The Morgan fingerprint density at radius 1 is 1.11 bits per heavy atom. The van der Waals surface area contributed by atoms with Gasteiger partial charge in [-0.2, -0.15) is 0 Å². The van der Waals surface area contributed by atoms with Gasteiger partial charge >= 0.3 is 5.97 Å². The summed E-state index contributed by atoms with van der Waals surface area (Å²) in [6, 6.07) is 14.2. The van der Waals surface area contributed by atoms with Crippen LogP contribution in [0, 0.1) is 0 Å². The smallest absolute Gasteiger partial charge is 0.335 e. The Balaban J connectivity index is 1.94. The maximum atomic E-state index is 10.8. The first-order valence-electron chi connectivity index (χ1n) is 5.80. The molecule has 0 fully saturated rings. The molecule has 0 aromatic heterocycles. The monoisotopic (exact) mass is 276 g/mol. The van der Waals surface area contributed by atoms with Crippen molar-refractivity contribution in [1.82, 2.24) is 0 Å². The van der Waals surface area contributed by atoms with E-state index in [0.29, 0.717) is 18.2 Å². The highest BCUT2D eigenvalue weighted by molar-refractivity contribution is 6.31. The SMILES string of the molecule is O=C(O)c1cccc(COCc2ccccc2Cl)c1. The molecule has 0 saturated heterocycles. The lowest BCUT2D eigenvalue weighted by Crippen LogP contribution is -1.99. The average molecular weight is 277 g/mol. The van der Waals surface area contributed by atoms with Gasteiger partial charge in [-0.25, -0.2) is 4.79 Å². The molecule has 4 heteroatoms. The molecule has 19 heavy (non-hydrogen) atoms. The molecule has 0 bridgehead atoms. The molecule has 2 rings (SSSR count). The van der Waals surface area contributed by atoms with Crippen molar-refractivity contribution in [3.63, 3.8) is 0 Å². The van der Waals surface area contributed by atoms with Gasteiger partial charge in [0.15, 0.2) is 0 Å². The van der Waals surface area contributed by atoms with E-state index >= 15 is 0 Å². The molecule has 0 heterocycles. The van der Waals surface area contributed by atoms with Crippen molar-refractivity contribution in [2.45, 2.75) is 13.2 Å². The van der Waals surface area contributed by atoms with Gasteiger partial charge in [0, 0.05) is 5.02 Å². The molecular formula is C15H13ClO3. The van der Waals surface area contributed by atoms with Crippen LogP contribution in [0.1, 0.15) is 21.5 Å². The van der Waals surface area contributed by atoms with Gasteiger partial charge in [0.1, 0.15) is 0 Å². The van der Waals surface area contributed by atoms with Crippen LogP contribution >= 0.6 is 11.6 Å². The standard InChI is InChI=1S/C15H13ClO3/c16-14-7-2-1-5-13(14)10-19-9-11-4-3-6-12(8-11)15(17)18/h1-8H,9-10H2,(H,17,18). The molecule has 0 radical (unpaired) electrons. The molecule has 0 unspecified atom stereocenters. The minimum atomic E-state index is -0.937. The number of halogens is 1. The molecule has 1 N–H and O–H groups in total. The zero-order valence-corrected chi connectivity index (χ0v) is 10.9. The molecule has 0 aliphatic rings. The van der Waals surface area contributed by atoms with Crippen molar-refractivity contribution in [1.29, 1.82) is 0 Å². The number of aromatic carboxylic acids is 1. The van der Waals surface area contributed by atoms with Gasteiger partial charge < -0.3 is 9.84 Å². The number of carboxylic acid groups (broad SMARTS) is 1. The van der Waals surface area contributed by atoms with Gasteiger partial charge in [-0.15, -0.1) is 0 Å². The summed E-state index contributed by atoms with van der Waals surface area (Å²) in [4.78, 5) is 10.8. The second kappa shape index (κ2) is 6.36. The summed E-state index contributed by atoms with van der Waals surface area (Å²) in [5.41, 5.74) is 2.00. The summed E-state index contributed by atoms with van der Waals surface area (Å²) >= 11 is 6.02.